The minimum atomic E-state index is -0.835. The van der Waals surface area contributed by atoms with Gasteiger partial charge in [-0.2, -0.15) is 0 Å². The number of terminal acetylenes is 1. The maximum atomic E-state index is 11.5. The fourth-order valence-electron chi connectivity index (χ4n) is 1.03. The van der Waals surface area contributed by atoms with E-state index < -0.39 is 5.60 Å². The molecule has 0 spiro atoms. The summed E-state index contributed by atoms with van der Waals surface area (Å²) in [5, 5.41) is 2.88. The Balaban J connectivity index is 2.50. The topological polar surface area (TPSA) is 50.7 Å². The quantitative estimate of drug-likeness (QED) is 0.504. The maximum absolute atomic E-state index is 11.5. The molecule has 1 heterocycles. The van der Waals surface area contributed by atoms with Gasteiger partial charge in [0.2, 0.25) is 0 Å². The molecule has 4 heteroatoms. The van der Waals surface area contributed by atoms with E-state index >= 15 is 0 Å². The highest BCUT2D eigenvalue weighted by Crippen LogP contribution is 2.12. The second-order valence-corrected chi connectivity index (χ2v) is 3.68. The highest BCUT2D eigenvalue weighted by atomic mass is 16.6. The smallest absolute Gasteiger partial charge is 0.314 e. The first kappa shape index (κ1) is 10.6. The fraction of sp³-hybridized carbons (Fsp3) is 0.600. The molecule has 0 amide bonds. The summed E-state index contributed by atoms with van der Waals surface area (Å²) in [7, 11) is 0. The van der Waals surface area contributed by atoms with Crippen LogP contribution in [-0.4, -0.2) is 31.0 Å². The number of rotatable bonds is 2. The average molecular weight is 194 g/mol. The molecule has 1 atom stereocenters. The second-order valence-electron chi connectivity index (χ2n) is 3.68. The third-order valence-electron chi connectivity index (χ3n) is 1.91. The molecule has 0 aromatic rings. The van der Waals surface area contributed by atoms with Crippen LogP contribution in [0.3, 0.4) is 0 Å². The summed E-state index contributed by atoms with van der Waals surface area (Å²) in [6.45, 7) is 4.39. The van der Waals surface area contributed by atoms with Crippen LogP contribution in [0.4, 0.5) is 0 Å². The minimum Gasteiger partial charge on any atom is -0.446 e. The van der Waals surface area contributed by atoms with Gasteiger partial charge >= 0.3 is 5.97 Å². The highest BCUT2D eigenvalue weighted by molar-refractivity contribution is 5.75. The number of esters is 1. The Morgan fingerprint density at radius 2 is 2.50 bits per heavy atom. The average Bonchev–Trinajstić information content (AvgIpc) is 2.19. The van der Waals surface area contributed by atoms with E-state index in [0.717, 1.165) is 0 Å². The predicted octanol–water partition coefficient (Wildman–Crippen LogP) is 0.189. The fourth-order valence-corrected chi connectivity index (χ4v) is 1.03. The van der Waals surface area contributed by atoms with Crippen LogP contribution < -0.4 is 5.32 Å². The molecule has 0 aromatic carbocycles. The van der Waals surface area contributed by atoms with Crippen LogP contribution in [0.1, 0.15) is 13.8 Å². The Hall–Kier alpha value is -1.50. The number of ether oxygens (including phenoxy) is 1. The van der Waals surface area contributed by atoms with Crippen molar-refractivity contribution in [1.82, 2.24) is 5.32 Å². The molecule has 0 saturated heterocycles. The lowest BCUT2D eigenvalue weighted by molar-refractivity contribution is -0.156. The van der Waals surface area contributed by atoms with E-state index in [2.05, 4.69) is 16.2 Å². The van der Waals surface area contributed by atoms with Crippen LogP contribution in [0.2, 0.25) is 0 Å². The van der Waals surface area contributed by atoms with Gasteiger partial charge in [0.1, 0.15) is 0 Å². The van der Waals surface area contributed by atoms with Crippen molar-refractivity contribution in [1.29, 1.82) is 0 Å². The lowest BCUT2D eigenvalue weighted by Crippen LogP contribution is -2.38. The van der Waals surface area contributed by atoms with Gasteiger partial charge in [-0.1, -0.05) is 5.92 Å². The third-order valence-corrected chi connectivity index (χ3v) is 1.91. The first-order chi connectivity index (χ1) is 6.55. The number of hydrogen-bond acceptors (Lipinski definition) is 4. The zero-order chi connectivity index (χ0) is 10.6. The summed E-state index contributed by atoms with van der Waals surface area (Å²) in [5.41, 5.74) is -0.835. The predicted molar refractivity (Wildman–Crippen MR) is 53.9 cm³/mol. The Morgan fingerprint density at radius 1 is 1.79 bits per heavy atom. The second kappa shape index (κ2) is 4.14. The zero-order valence-electron chi connectivity index (χ0n) is 8.41. The molecular weight excluding hydrogens is 180 g/mol. The van der Waals surface area contributed by atoms with Crippen LogP contribution in [0.5, 0.6) is 0 Å². The van der Waals surface area contributed by atoms with E-state index in [0.29, 0.717) is 13.1 Å². The summed E-state index contributed by atoms with van der Waals surface area (Å²) in [6.07, 6.45) is 6.81. The summed E-state index contributed by atoms with van der Waals surface area (Å²) < 4.78 is 5.14. The number of carbonyl (C=O) groups is 1. The lowest BCUT2D eigenvalue weighted by Gasteiger charge is -2.23. The molecule has 0 radical (unpaired) electrons. The summed E-state index contributed by atoms with van der Waals surface area (Å²) >= 11 is 0. The first-order valence-corrected chi connectivity index (χ1v) is 4.47. The van der Waals surface area contributed by atoms with E-state index in [4.69, 9.17) is 11.2 Å². The van der Waals surface area contributed by atoms with Crippen molar-refractivity contribution in [2.45, 2.75) is 19.4 Å². The SMILES string of the molecule is C#CC(C)(C)OC(=O)C1CN=CNC1. The van der Waals surface area contributed by atoms with Gasteiger partial charge in [-0.25, -0.2) is 0 Å². The maximum Gasteiger partial charge on any atom is 0.314 e. The molecule has 1 aliphatic heterocycles. The van der Waals surface area contributed by atoms with Gasteiger partial charge in [-0.3, -0.25) is 9.79 Å². The molecule has 1 unspecified atom stereocenters. The molecule has 0 fully saturated rings. The van der Waals surface area contributed by atoms with Crippen LogP contribution in [0.15, 0.2) is 4.99 Å². The highest BCUT2D eigenvalue weighted by Gasteiger charge is 2.27. The van der Waals surface area contributed by atoms with Crippen LogP contribution >= 0.6 is 0 Å². The normalized spacial score (nSPS) is 20.8. The van der Waals surface area contributed by atoms with E-state index in [1.807, 2.05) is 0 Å². The summed E-state index contributed by atoms with van der Waals surface area (Å²) in [6, 6.07) is 0. The molecule has 14 heavy (non-hydrogen) atoms. The third kappa shape index (κ3) is 2.77. The van der Waals surface area contributed by atoms with Crippen molar-refractivity contribution in [3.05, 3.63) is 0 Å². The van der Waals surface area contributed by atoms with Crippen molar-refractivity contribution >= 4 is 12.3 Å². The Kier molecular flexibility index (Phi) is 3.13. The van der Waals surface area contributed by atoms with Gasteiger partial charge in [-0.15, -0.1) is 6.42 Å². The van der Waals surface area contributed by atoms with Gasteiger partial charge in [0.25, 0.3) is 0 Å². The van der Waals surface area contributed by atoms with Gasteiger partial charge in [0, 0.05) is 6.54 Å². The molecule has 0 aliphatic carbocycles. The van der Waals surface area contributed by atoms with E-state index in [1.54, 1.807) is 20.2 Å². The molecule has 0 aromatic heterocycles. The monoisotopic (exact) mass is 194 g/mol. The Morgan fingerprint density at radius 3 is 3.00 bits per heavy atom. The number of hydrogen-bond donors (Lipinski definition) is 1. The molecule has 1 aliphatic rings. The van der Waals surface area contributed by atoms with Crippen LogP contribution in [-0.2, 0) is 9.53 Å². The number of aliphatic imine (C=N–C) groups is 1. The Labute approximate surface area is 83.7 Å². The van der Waals surface area contributed by atoms with Gasteiger partial charge in [0.15, 0.2) is 5.60 Å². The molecule has 1 rings (SSSR count). The van der Waals surface area contributed by atoms with Crippen molar-refractivity contribution in [3.63, 3.8) is 0 Å². The van der Waals surface area contributed by atoms with E-state index in [-0.39, 0.29) is 11.9 Å². The molecule has 0 saturated carbocycles. The number of nitrogens with zero attached hydrogens (tertiary/aromatic N) is 1. The zero-order valence-corrected chi connectivity index (χ0v) is 8.41. The standard InChI is InChI=1S/C10H14N2O2/c1-4-10(2,3)14-9(13)8-5-11-7-12-6-8/h1,7-8H,5-6H2,2-3H3,(H,11,12). The van der Waals surface area contributed by atoms with Crippen molar-refractivity contribution in [2.24, 2.45) is 10.9 Å². The minimum absolute atomic E-state index is 0.229. The summed E-state index contributed by atoms with van der Waals surface area (Å²) in [4.78, 5) is 15.5. The Bertz CT molecular complexity index is 289. The number of nitrogens with one attached hydrogen (secondary N) is 1. The summed E-state index contributed by atoms with van der Waals surface area (Å²) in [5.74, 6) is 1.89. The molecule has 76 valence electrons. The van der Waals surface area contributed by atoms with Crippen LogP contribution in [0.25, 0.3) is 0 Å². The number of carbonyl (C=O) groups excluding carboxylic acids is 1. The van der Waals surface area contributed by atoms with Crippen molar-refractivity contribution in [3.8, 4) is 12.3 Å². The van der Waals surface area contributed by atoms with Gasteiger partial charge in [-0.05, 0) is 13.8 Å². The molecule has 0 bridgehead atoms. The molecule has 1 N–H and O–H groups in total. The van der Waals surface area contributed by atoms with Gasteiger partial charge in [0.05, 0.1) is 18.8 Å². The van der Waals surface area contributed by atoms with E-state index in [1.165, 1.54) is 0 Å². The lowest BCUT2D eigenvalue weighted by atomic mass is 10.1. The van der Waals surface area contributed by atoms with Crippen LogP contribution in [0, 0.1) is 18.3 Å². The van der Waals surface area contributed by atoms with E-state index in [9.17, 15) is 4.79 Å². The first-order valence-electron chi connectivity index (χ1n) is 4.47. The van der Waals surface area contributed by atoms with Crippen molar-refractivity contribution in [2.75, 3.05) is 13.1 Å². The molecular formula is C10H14N2O2. The largest absolute Gasteiger partial charge is 0.446 e. The molecule has 4 nitrogen and oxygen atoms in total. The van der Waals surface area contributed by atoms with Crippen molar-refractivity contribution < 1.29 is 9.53 Å². The van der Waals surface area contributed by atoms with Gasteiger partial charge < -0.3 is 10.1 Å².